The third kappa shape index (κ3) is 7.23. The molecule has 86 valence electrons. The number of aromatic hydroxyl groups is 1. The minimum absolute atomic E-state index is 0.141. The number of benzene rings is 1. The number of halogens is 1. The van der Waals surface area contributed by atoms with Crippen LogP contribution in [-0.4, -0.2) is 11.7 Å². The molecule has 3 heteroatoms. The van der Waals surface area contributed by atoms with Crippen LogP contribution in [0, 0.1) is 12.8 Å². The first-order chi connectivity index (χ1) is 6.97. The van der Waals surface area contributed by atoms with Gasteiger partial charge in [0, 0.05) is 0 Å². The van der Waals surface area contributed by atoms with Crippen molar-refractivity contribution in [1.29, 1.82) is 0 Å². The summed E-state index contributed by atoms with van der Waals surface area (Å²) in [5.74, 6) is 0.914. The highest BCUT2D eigenvalue weighted by Crippen LogP contribution is 2.22. The maximum absolute atomic E-state index is 8.91. The monoisotopic (exact) mass is 229 g/mol. The molecule has 1 aromatic rings. The Balaban J connectivity index is 0.000000288. The van der Waals surface area contributed by atoms with Crippen LogP contribution in [0.5, 0.6) is 5.75 Å². The molecule has 0 amide bonds. The molecule has 3 N–H and O–H groups in total. The molecule has 0 fully saturated rings. The lowest BCUT2D eigenvalue weighted by molar-refractivity contribution is 0.475. The summed E-state index contributed by atoms with van der Waals surface area (Å²) >= 11 is 5.56. The summed E-state index contributed by atoms with van der Waals surface area (Å²) in [6.07, 6.45) is 1.15. The molecule has 1 rings (SSSR count). The lowest BCUT2D eigenvalue weighted by Crippen LogP contribution is -2.01. The van der Waals surface area contributed by atoms with Crippen molar-refractivity contribution < 1.29 is 5.11 Å². The lowest BCUT2D eigenvalue weighted by Gasteiger charge is -1.96. The molecule has 15 heavy (non-hydrogen) atoms. The van der Waals surface area contributed by atoms with E-state index in [1.54, 1.807) is 18.2 Å². The van der Waals surface area contributed by atoms with E-state index in [9.17, 15) is 0 Å². The predicted octanol–water partition coefficient (Wildman–Crippen LogP) is 3.35. The SMILES string of the molecule is CC(C)CCN.Cc1ccc(O)c(Cl)c1. The molecular formula is C12H20ClNO. The normalized spacial score (nSPS) is 9.73. The fourth-order valence-corrected chi connectivity index (χ4v) is 1.18. The second-order valence-corrected chi connectivity index (χ2v) is 4.33. The van der Waals surface area contributed by atoms with Gasteiger partial charge in [0.15, 0.2) is 0 Å². The maximum atomic E-state index is 8.91. The fourth-order valence-electron chi connectivity index (χ4n) is 0.945. The standard InChI is InChI=1S/C7H7ClO.C5H13N/c1-5-2-3-7(9)6(8)4-5;1-5(2)3-4-6/h2-4,9H,1H3;5H,3-4,6H2,1-2H3. The smallest absolute Gasteiger partial charge is 0.134 e. The van der Waals surface area contributed by atoms with E-state index in [2.05, 4.69) is 13.8 Å². The highest BCUT2D eigenvalue weighted by Gasteiger charge is 1.94. The Bertz CT molecular complexity index is 287. The Hall–Kier alpha value is -0.730. The number of nitrogens with two attached hydrogens (primary N) is 1. The van der Waals surface area contributed by atoms with E-state index in [4.69, 9.17) is 22.4 Å². The number of phenolic OH excluding ortho intramolecular Hbond substituents is 1. The second kappa shape index (κ2) is 7.55. The van der Waals surface area contributed by atoms with Gasteiger partial charge in [-0.05, 0) is 43.5 Å². The molecule has 1 aromatic carbocycles. The van der Waals surface area contributed by atoms with Crippen LogP contribution in [0.1, 0.15) is 25.8 Å². The third-order valence-corrected chi connectivity index (χ3v) is 2.15. The summed E-state index contributed by atoms with van der Waals surface area (Å²) in [6, 6.07) is 5.11. The lowest BCUT2D eigenvalue weighted by atomic mass is 10.1. The summed E-state index contributed by atoms with van der Waals surface area (Å²) in [5, 5.41) is 9.32. The van der Waals surface area contributed by atoms with Crippen molar-refractivity contribution >= 4 is 11.6 Å². The number of aryl methyl sites for hydroxylation is 1. The zero-order chi connectivity index (χ0) is 11.8. The van der Waals surface area contributed by atoms with Gasteiger partial charge in [0.1, 0.15) is 5.75 Å². The highest BCUT2D eigenvalue weighted by molar-refractivity contribution is 6.32. The Morgan fingerprint density at radius 2 is 2.00 bits per heavy atom. The van der Waals surface area contributed by atoms with Gasteiger partial charge in [-0.2, -0.15) is 0 Å². The number of hydrogen-bond donors (Lipinski definition) is 2. The summed E-state index contributed by atoms with van der Waals surface area (Å²) in [5.41, 5.74) is 6.28. The largest absolute Gasteiger partial charge is 0.506 e. The summed E-state index contributed by atoms with van der Waals surface area (Å²) in [4.78, 5) is 0. The van der Waals surface area contributed by atoms with Crippen molar-refractivity contribution in [2.75, 3.05) is 6.54 Å². The van der Waals surface area contributed by atoms with Crippen LogP contribution in [0.2, 0.25) is 5.02 Å². The zero-order valence-electron chi connectivity index (χ0n) is 9.63. The van der Waals surface area contributed by atoms with Crippen LogP contribution < -0.4 is 5.73 Å². The first-order valence-electron chi connectivity index (χ1n) is 5.12. The first kappa shape index (κ1) is 14.3. The average Bonchev–Trinajstić information content (AvgIpc) is 2.13. The fraction of sp³-hybridized carbons (Fsp3) is 0.500. The quantitative estimate of drug-likeness (QED) is 0.817. The molecule has 0 radical (unpaired) electrons. The van der Waals surface area contributed by atoms with Gasteiger partial charge in [-0.3, -0.25) is 0 Å². The molecule has 0 atom stereocenters. The van der Waals surface area contributed by atoms with E-state index in [1.165, 1.54) is 0 Å². The van der Waals surface area contributed by atoms with Gasteiger partial charge in [-0.15, -0.1) is 0 Å². The summed E-state index contributed by atoms with van der Waals surface area (Å²) in [6.45, 7) is 7.10. The van der Waals surface area contributed by atoms with Crippen molar-refractivity contribution in [3.05, 3.63) is 28.8 Å². The Morgan fingerprint density at radius 1 is 1.40 bits per heavy atom. The minimum atomic E-state index is 0.141. The molecular weight excluding hydrogens is 210 g/mol. The highest BCUT2D eigenvalue weighted by atomic mass is 35.5. The molecule has 0 saturated carbocycles. The van der Waals surface area contributed by atoms with E-state index in [0.29, 0.717) is 5.02 Å². The molecule has 0 aliphatic heterocycles. The molecule has 0 unspecified atom stereocenters. The Kier molecular flexibility index (Phi) is 7.18. The van der Waals surface area contributed by atoms with Gasteiger partial charge in [-0.1, -0.05) is 31.5 Å². The van der Waals surface area contributed by atoms with E-state index >= 15 is 0 Å². The number of hydrogen-bond acceptors (Lipinski definition) is 2. The molecule has 0 saturated heterocycles. The Morgan fingerprint density at radius 3 is 2.27 bits per heavy atom. The van der Waals surface area contributed by atoms with Gasteiger partial charge in [-0.25, -0.2) is 0 Å². The van der Waals surface area contributed by atoms with E-state index in [1.807, 2.05) is 6.92 Å². The first-order valence-corrected chi connectivity index (χ1v) is 5.50. The van der Waals surface area contributed by atoms with Crippen molar-refractivity contribution in [3.63, 3.8) is 0 Å². The van der Waals surface area contributed by atoms with E-state index < -0.39 is 0 Å². The molecule has 0 bridgehead atoms. The third-order valence-electron chi connectivity index (χ3n) is 1.85. The van der Waals surface area contributed by atoms with Crippen LogP contribution in [-0.2, 0) is 0 Å². The van der Waals surface area contributed by atoms with Crippen molar-refractivity contribution in [2.24, 2.45) is 11.7 Å². The van der Waals surface area contributed by atoms with Gasteiger partial charge in [0.2, 0.25) is 0 Å². The topological polar surface area (TPSA) is 46.2 Å². The molecule has 0 aliphatic rings. The van der Waals surface area contributed by atoms with Gasteiger partial charge < -0.3 is 10.8 Å². The van der Waals surface area contributed by atoms with Crippen LogP contribution in [0.3, 0.4) is 0 Å². The van der Waals surface area contributed by atoms with Gasteiger partial charge >= 0.3 is 0 Å². The van der Waals surface area contributed by atoms with Crippen LogP contribution in [0.4, 0.5) is 0 Å². The average molecular weight is 230 g/mol. The number of rotatable bonds is 2. The van der Waals surface area contributed by atoms with Gasteiger partial charge in [0.25, 0.3) is 0 Å². The second-order valence-electron chi connectivity index (χ2n) is 3.93. The molecule has 0 heterocycles. The molecule has 0 aliphatic carbocycles. The maximum Gasteiger partial charge on any atom is 0.134 e. The Labute approximate surface area is 97.1 Å². The van der Waals surface area contributed by atoms with Crippen molar-refractivity contribution in [2.45, 2.75) is 27.2 Å². The van der Waals surface area contributed by atoms with Crippen molar-refractivity contribution in [1.82, 2.24) is 0 Å². The van der Waals surface area contributed by atoms with Crippen LogP contribution in [0.15, 0.2) is 18.2 Å². The summed E-state index contributed by atoms with van der Waals surface area (Å²) < 4.78 is 0. The molecule has 0 aromatic heterocycles. The summed E-state index contributed by atoms with van der Waals surface area (Å²) in [7, 11) is 0. The van der Waals surface area contributed by atoms with Crippen molar-refractivity contribution in [3.8, 4) is 5.75 Å². The predicted molar refractivity (Wildman–Crippen MR) is 66.4 cm³/mol. The van der Waals surface area contributed by atoms with E-state index in [-0.39, 0.29) is 5.75 Å². The zero-order valence-corrected chi connectivity index (χ0v) is 10.4. The minimum Gasteiger partial charge on any atom is -0.506 e. The van der Waals surface area contributed by atoms with E-state index in [0.717, 1.165) is 24.4 Å². The molecule has 0 spiro atoms. The molecule has 2 nitrogen and oxygen atoms in total. The number of phenols is 1. The van der Waals surface area contributed by atoms with Crippen LogP contribution >= 0.6 is 11.6 Å². The van der Waals surface area contributed by atoms with Crippen LogP contribution in [0.25, 0.3) is 0 Å². The van der Waals surface area contributed by atoms with Gasteiger partial charge in [0.05, 0.1) is 5.02 Å².